The molecule has 0 bridgehead atoms. The highest BCUT2D eigenvalue weighted by Crippen LogP contribution is 2.54. The number of aromatic nitrogens is 5. The fourth-order valence-corrected chi connectivity index (χ4v) is 9.89. The zero-order valence-corrected chi connectivity index (χ0v) is 33.4. The van der Waals surface area contributed by atoms with E-state index >= 15 is 0 Å². The molecule has 0 spiro atoms. The molecule has 11 rings (SSSR count). The van der Waals surface area contributed by atoms with Gasteiger partial charge in [-0.25, -0.2) is 4.98 Å². The molecular formula is C53H43N5. The Morgan fingerprint density at radius 3 is 1.53 bits per heavy atom. The van der Waals surface area contributed by atoms with E-state index in [0.717, 1.165) is 49.7 Å². The van der Waals surface area contributed by atoms with Gasteiger partial charge in [0.15, 0.2) is 11.6 Å². The number of benzene rings is 7. The molecular weight excluding hydrogens is 707 g/mol. The van der Waals surface area contributed by atoms with Crippen molar-refractivity contribution < 1.29 is 0 Å². The van der Waals surface area contributed by atoms with Crippen molar-refractivity contribution in [3.63, 3.8) is 0 Å². The van der Waals surface area contributed by atoms with Crippen LogP contribution in [0.1, 0.15) is 45.7 Å². The van der Waals surface area contributed by atoms with Gasteiger partial charge in [0.1, 0.15) is 0 Å². The van der Waals surface area contributed by atoms with E-state index in [1.807, 2.05) is 36.4 Å². The summed E-state index contributed by atoms with van der Waals surface area (Å²) >= 11 is 0. The van der Waals surface area contributed by atoms with Gasteiger partial charge in [-0.3, -0.25) is 4.57 Å². The van der Waals surface area contributed by atoms with E-state index < -0.39 is 0 Å². The van der Waals surface area contributed by atoms with Crippen molar-refractivity contribution in [2.24, 2.45) is 5.92 Å². The number of rotatable bonds is 5. The molecule has 0 saturated heterocycles. The van der Waals surface area contributed by atoms with E-state index in [4.69, 9.17) is 15.0 Å². The number of nitrogens with zero attached hydrogens (tertiary/aromatic N) is 5. The second-order valence-corrected chi connectivity index (χ2v) is 17.1. The van der Waals surface area contributed by atoms with Crippen molar-refractivity contribution in [3.8, 4) is 45.5 Å². The van der Waals surface area contributed by atoms with Crippen molar-refractivity contribution in [1.82, 2.24) is 24.1 Å². The predicted molar refractivity (Wildman–Crippen MR) is 240 cm³/mol. The summed E-state index contributed by atoms with van der Waals surface area (Å²) in [6.07, 6.45) is 0. The first kappa shape index (κ1) is 34.4. The number of hydrogen-bond acceptors (Lipinski definition) is 3. The fraction of sp³-hybridized carbons (Fsp3) is 0.151. The molecule has 280 valence electrons. The molecule has 1 atom stereocenters. The first-order valence-corrected chi connectivity index (χ1v) is 20.3. The van der Waals surface area contributed by atoms with Gasteiger partial charge in [0, 0.05) is 38.4 Å². The molecule has 5 heteroatoms. The molecule has 5 nitrogen and oxygen atoms in total. The van der Waals surface area contributed by atoms with Gasteiger partial charge in [0.05, 0.1) is 22.1 Å². The van der Waals surface area contributed by atoms with Crippen LogP contribution in [0, 0.1) is 5.92 Å². The Labute approximate surface area is 338 Å². The zero-order valence-electron chi connectivity index (χ0n) is 33.4. The summed E-state index contributed by atoms with van der Waals surface area (Å²) in [5.41, 5.74) is 12.9. The third kappa shape index (κ3) is 4.99. The van der Waals surface area contributed by atoms with Crippen LogP contribution in [0.5, 0.6) is 0 Å². The van der Waals surface area contributed by atoms with Gasteiger partial charge in [0.25, 0.3) is 0 Å². The van der Waals surface area contributed by atoms with Gasteiger partial charge in [-0.2, -0.15) is 9.97 Å². The van der Waals surface area contributed by atoms with Crippen LogP contribution in [0.15, 0.2) is 164 Å². The van der Waals surface area contributed by atoms with Crippen LogP contribution in [0.3, 0.4) is 0 Å². The lowest BCUT2D eigenvalue weighted by atomic mass is 9.71. The molecule has 0 saturated carbocycles. The van der Waals surface area contributed by atoms with Crippen LogP contribution >= 0.6 is 0 Å². The molecule has 1 aliphatic carbocycles. The summed E-state index contributed by atoms with van der Waals surface area (Å²) in [4.78, 5) is 15.6. The van der Waals surface area contributed by atoms with Crippen LogP contribution in [-0.2, 0) is 10.8 Å². The molecule has 1 aliphatic rings. The zero-order chi connectivity index (χ0) is 39.3. The lowest BCUT2D eigenvalue weighted by Gasteiger charge is -2.32. The predicted octanol–water partition coefficient (Wildman–Crippen LogP) is 13.3. The Kier molecular flexibility index (Phi) is 7.46. The number of fused-ring (bicyclic) bond motifs is 8. The molecule has 1 unspecified atom stereocenters. The second kappa shape index (κ2) is 12.6. The highest BCUT2D eigenvalue weighted by atomic mass is 15.2. The number of para-hydroxylation sites is 2. The average molecular weight is 750 g/mol. The quantitative estimate of drug-likeness (QED) is 0.176. The summed E-state index contributed by atoms with van der Waals surface area (Å²) in [5.74, 6) is 2.37. The van der Waals surface area contributed by atoms with Crippen LogP contribution in [0.4, 0.5) is 0 Å². The van der Waals surface area contributed by atoms with Gasteiger partial charge >= 0.3 is 0 Å². The Hall–Kier alpha value is -6.85. The van der Waals surface area contributed by atoms with Gasteiger partial charge in [-0.1, -0.05) is 174 Å². The first-order valence-electron chi connectivity index (χ1n) is 20.3. The van der Waals surface area contributed by atoms with E-state index in [9.17, 15) is 0 Å². The summed E-state index contributed by atoms with van der Waals surface area (Å²) in [6.45, 7) is 12.0. The van der Waals surface area contributed by atoms with Crippen molar-refractivity contribution in [3.05, 3.63) is 175 Å². The summed E-state index contributed by atoms with van der Waals surface area (Å²) in [5, 5.41) is 4.66. The SMILES string of the molecule is CC1C(C)(C)c2ccc(-c3cccc(-n4c5ccccc5c5ccc6c7ccccc7n(-c7nc(-c8ccccc8)nc(-c8ccccc8)n7)c6c54)c3)cc2C1(C)C. The minimum absolute atomic E-state index is 0.0775. The van der Waals surface area contributed by atoms with Crippen molar-refractivity contribution in [2.45, 2.75) is 45.4 Å². The van der Waals surface area contributed by atoms with Gasteiger partial charge in [-0.15, -0.1) is 0 Å². The van der Waals surface area contributed by atoms with Crippen LogP contribution in [0.25, 0.3) is 89.2 Å². The number of hydrogen-bond donors (Lipinski definition) is 0. The van der Waals surface area contributed by atoms with E-state index in [0.29, 0.717) is 23.5 Å². The third-order valence-electron chi connectivity index (χ3n) is 13.4. The second-order valence-electron chi connectivity index (χ2n) is 17.1. The Bertz CT molecular complexity index is 3180. The van der Waals surface area contributed by atoms with E-state index in [-0.39, 0.29) is 10.8 Å². The molecule has 10 aromatic rings. The van der Waals surface area contributed by atoms with Gasteiger partial charge in [-0.05, 0) is 63.3 Å². The molecule has 0 aliphatic heterocycles. The summed E-state index contributed by atoms with van der Waals surface area (Å²) < 4.78 is 4.71. The lowest BCUT2D eigenvalue weighted by Crippen LogP contribution is -2.30. The Morgan fingerprint density at radius 1 is 0.414 bits per heavy atom. The van der Waals surface area contributed by atoms with Crippen molar-refractivity contribution >= 4 is 43.6 Å². The van der Waals surface area contributed by atoms with Crippen molar-refractivity contribution in [2.75, 3.05) is 0 Å². The van der Waals surface area contributed by atoms with Crippen LogP contribution in [-0.4, -0.2) is 24.1 Å². The Morgan fingerprint density at radius 2 is 0.914 bits per heavy atom. The standard InChI is InChI=1S/C53H43N5/c1-33-52(2,3)43-30-27-37(32-44(43)53(33,4)5)36-21-16-22-38(31-36)57-45-25-14-12-23-39(45)41-28-29-42-40-24-13-15-26-46(40)58(48(42)47(41)57)51-55-49(34-17-8-6-9-18-34)54-50(56-51)35-19-10-7-11-20-35/h6-33H,1-5H3. The summed E-state index contributed by atoms with van der Waals surface area (Å²) in [7, 11) is 0. The maximum atomic E-state index is 5.28. The maximum Gasteiger partial charge on any atom is 0.238 e. The average Bonchev–Trinajstić information content (AvgIpc) is 3.83. The maximum absolute atomic E-state index is 5.28. The highest BCUT2D eigenvalue weighted by Gasteiger charge is 2.48. The Balaban J connectivity index is 1.21. The van der Waals surface area contributed by atoms with Crippen LogP contribution < -0.4 is 0 Å². The normalized spacial score (nSPS) is 15.8. The minimum atomic E-state index is 0.0775. The minimum Gasteiger partial charge on any atom is -0.307 e. The molecule has 0 amide bonds. The monoisotopic (exact) mass is 749 g/mol. The molecule has 58 heavy (non-hydrogen) atoms. The topological polar surface area (TPSA) is 48.5 Å². The largest absolute Gasteiger partial charge is 0.307 e. The molecule has 3 aromatic heterocycles. The smallest absolute Gasteiger partial charge is 0.238 e. The molecule has 7 aromatic carbocycles. The first-order chi connectivity index (χ1) is 28.2. The van der Waals surface area contributed by atoms with E-state index in [1.54, 1.807) is 0 Å². The van der Waals surface area contributed by atoms with E-state index in [2.05, 4.69) is 171 Å². The van der Waals surface area contributed by atoms with Crippen LogP contribution in [0.2, 0.25) is 0 Å². The molecule has 0 fully saturated rings. The molecule has 0 radical (unpaired) electrons. The van der Waals surface area contributed by atoms with Gasteiger partial charge in [0.2, 0.25) is 5.95 Å². The summed E-state index contributed by atoms with van der Waals surface area (Å²) in [6, 6.07) is 58.6. The molecule has 3 heterocycles. The molecule has 0 N–H and O–H groups in total. The lowest BCUT2D eigenvalue weighted by molar-refractivity contribution is 0.264. The fourth-order valence-electron chi connectivity index (χ4n) is 9.89. The highest BCUT2D eigenvalue weighted by molar-refractivity contribution is 6.23. The third-order valence-corrected chi connectivity index (χ3v) is 13.4. The van der Waals surface area contributed by atoms with E-state index in [1.165, 1.54) is 33.0 Å². The van der Waals surface area contributed by atoms with Gasteiger partial charge < -0.3 is 4.57 Å². The van der Waals surface area contributed by atoms with Crippen molar-refractivity contribution in [1.29, 1.82) is 0 Å².